The van der Waals surface area contributed by atoms with Gasteiger partial charge >= 0.3 is 0 Å². The van der Waals surface area contributed by atoms with E-state index in [4.69, 9.17) is 5.41 Å². The molecule has 0 bridgehead atoms. The maximum atomic E-state index is 7.53. The van der Waals surface area contributed by atoms with Crippen molar-refractivity contribution in [1.82, 2.24) is 0 Å². The fourth-order valence-electron chi connectivity index (χ4n) is 0.920. The Hall–Kier alpha value is -1.11. The lowest BCUT2D eigenvalue weighted by molar-refractivity contribution is 1.35. The van der Waals surface area contributed by atoms with Gasteiger partial charge in [0.25, 0.3) is 0 Å². The monoisotopic (exact) mass is 163 g/mol. The zero-order valence-electron chi connectivity index (χ0n) is 8.36. The minimum absolute atomic E-state index is 0.591. The second-order valence-electron chi connectivity index (χ2n) is 3.00. The van der Waals surface area contributed by atoms with Crippen LogP contribution in [0.2, 0.25) is 0 Å². The average Bonchev–Trinajstić information content (AvgIpc) is 1.98. The molecule has 12 heavy (non-hydrogen) atoms. The van der Waals surface area contributed by atoms with Crippen LogP contribution in [0.15, 0.2) is 35.5 Å². The molecule has 0 aromatic heterocycles. The summed E-state index contributed by atoms with van der Waals surface area (Å²) < 4.78 is 0. The van der Waals surface area contributed by atoms with Crippen LogP contribution in [0.1, 0.15) is 27.7 Å². The van der Waals surface area contributed by atoms with E-state index in [1.807, 2.05) is 32.9 Å². The van der Waals surface area contributed by atoms with Gasteiger partial charge in [0.05, 0.1) is 0 Å². The Morgan fingerprint density at radius 2 is 1.75 bits per heavy atom. The van der Waals surface area contributed by atoms with Crippen molar-refractivity contribution in [3.8, 4) is 0 Å². The predicted octanol–water partition coefficient (Wildman–Crippen LogP) is 3.49. The highest BCUT2D eigenvalue weighted by Crippen LogP contribution is 2.12. The molecule has 0 aromatic rings. The predicted molar refractivity (Wildman–Crippen MR) is 55.7 cm³/mol. The molecule has 0 aromatic carbocycles. The standard InChI is InChI=1S/C11H17N/c1-6-9(4)11(10(5)12)7-8(2)3/h6-7,12H,2H2,1,3-5H3/b9-6-,11-7+,12-10?. The molecule has 0 heterocycles. The van der Waals surface area contributed by atoms with Crippen molar-refractivity contribution in [3.05, 3.63) is 35.5 Å². The van der Waals surface area contributed by atoms with E-state index in [0.29, 0.717) is 5.71 Å². The summed E-state index contributed by atoms with van der Waals surface area (Å²) in [4.78, 5) is 0. The molecule has 0 radical (unpaired) electrons. The van der Waals surface area contributed by atoms with Crippen molar-refractivity contribution in [2.45, 2.75) is 27.7 Å². The van der Waals surface area contributed by atoms with Crippen LogP contribution in [0.3, 0.4) is 0 Å². The first-order valence-corrected chi connectivity index (χ1v) is 4.05. The van der Waals surface area contributed by atoms with E-state index in [1.54, 1.807) is 6.92 Å². The summed E-state index contributed by atoms with van der Waals surface area (Å²) in [5.74, 6) is 0. The molecule has 0 unspecified atom stereocenters. The maximum absolute atomic E-state index is 7.53. The summed E-state index contributed by atoms with van der Waals surface area (Å²) in [6.07, 6.45) is 3.95. The SMILES string of the molecule is C=C(C)/C=C(C(C)=N)\C(C)=C/C. The Balaban J connectivity index is 4.93. The normalized spacial score (nSPS) is 13.0. The Labute approximate surface area is 75.0 Å². The van der Waals surface area contributed by atoms with Crippen molar-refractivity contribution in [2.24, 2.45) is 0 Å². The first-order chi connectivity index (χ1) is 5.49. The van der Waals surface area contributed by atoms with Crippen LogP contribution in [-0.2, 0) is 0 Å². The zero-order chi connectivity index (χ0) is 9.72. The van der Waals surface area contributed by atoms with Gasteiger partial charge in [0.15, 0.2) is 0 Å². The molecule has 0 aliphatic rings. The zero-order valence-corrected chi connectivity index (χ0v) is 8.36. The topological polar surface area (TPSA) is 23.9 Å². The van der Waals surface area contributed by atoms with Gasteiger partial charge in [-0.2, -0.15) is 0 Å². The lowest BCUT2D eigenvalue weighted by Gasteiger charge is -2.05. The van der Waals surface area contributed by atoms with E-state index in [2.05, 4.69) is 6.58 Å². The van der Waals surface area contributed by atoms with Crippen LogP contribution in [-0.4, -0.2) is 5.71 Å². The molecule has 0 saturated heterocycles. The first kappa shape index (κ1) is 10.9. The molecular weight excluding hydrogens is 146 g/mol. The summed E-state index contributed by atoms with van der Waals surface area (Å²) in [5.41, 5.74) is 3.68. The lowest BCUT2D eigenvalue weighted by atomic mass is 10.0. The first-order valence-electron chi connectivity index (χ1n) is 4.05. The summed E-state index contributed by atoms with van der Waals surface area (Å²) in [7, 11) is 0. The summed E-state index contributed by atoms with van der Waals surface area (Å²) in [5, 5.41) is 7.53. The van der Waals surface area contributed by atoms with Gasteiger partial charge in [-0.3, -0.25) is 0 Å². The van der Waals surface area contributed by atoms with Crippen molar-refractivity contribution in [1.29, 1.82) is 5.41 Å². The Kier molecular flexibility index (Phi) is 4.27. The summed E-state index contributed by atoms with van der Waals surface area (Å²) >= 11 is 0. The van der Waals surface area contributed by atoms with Crippen LogP contribution in [0, 0.1) is 5.41 Å². The Morgan fingerprint density at radius 1 is 1.25 bits per heavy atom. The molecule has 0 rings (SSSR count). The van der Waals surface area contributed by atoms with E-state index in [9.17, 15) is 0 Å². The minimum atomic E-state index is 0.591. The largest absolute Gasteiger partial charge is 0.305 e. The van der Waals surface area contributed by atoms with Gasteiger partial charge in [0, 0.05) is 5.71 Å². The van der Waals surface area contributed by atoms with Crippen LogP contribution in [0.4, 0.5) is 0 Å². The van der Waals surface area contributed by atoms with Crippen LogP contribution in [0.25, 0.3) is 0 Å². The number of hydrogen-bond acceptors (Lipinski definition) is 1. The van der Waals surface area contributed by atoms with Crippen molar-refractivity contribution < 1.29 is 0 Å². The van der Waals surface area contributed by atoms with Gasteiger partial charge in [-0.15, -0.1) is 0 Å². The molecule has 0 saturated carbocycles. The fourth-order valence-corrected chi connectivity index (χ4v) is 0.920. The number of rotatable bonds is 3. The molecule has 0 aliphatic heterocycles. The van der Waals surface area contributed by atoms with Gasteiger partial charge < -0.3 is 5.41 Å². The van der Waals surface area contributed by atoms with E-state index < -0.39 is 0 Å². The highest BCUT2D eigenvalue weighted by atomic mass is 14.4. The number of nitrogens with one attached hydrogen (secondary N) is 1. The van der Waals surface area contributed by atoms with Crippen molar-refractivity contribution in [2.75, 3.05) is 0 Å². The third kappa shape index (κ3) is 3.33. The van der Waals surface area contributed by atoms with Gasteiger partial charge in [0.1, 0.15) is 0 Å². The molecule has 1 N–H and O–H groups in total. The van der Waals surface area contributed by atoms with Gasteiger partial charge in [-0.1, -0.05) is 24.3 Å². The molecule has 66 valence electrons. The smallest absolute Gasteiger partial charge is 0.0357 e. The molecule has 0 aliphatic carbocycles. The lowest BCUT2D eigenvalue weighted by Crippen LogP contribution is -1.97. The maximum Gasteiger partial charge on any atom is 0.0357 e. The van der Waals surface area contributed by atoms with Crippen LogP contribution >= 0.6 is 0 Å². The molecule has 0 amide bonds. The third-order valence-electron chi connectivity index (χ3n) is 1.65. The van der Waals surface area contributed by atoms with E-state index >= 15 is 0 Å². The summed E-state index contributed by atoms with van der Waals surface area (Å²) in [6.45, 7) is 11.5. The minimum Gasteiger partial charge on any atom is -0.305 e. The van der Waals surface area contributed by atoms with Crippen molar-refractivity contribution in [3.63, 3.8) is 0 Å². The number of hydrogen-bond donors (Lipinski definition) is 1. The third-order valence-corrected chi connectivity index (χ3v) is 1.65. The van der Waals surface area contributed by atoms with Crippen LogP contribution in [0.5, 0.6) is 0 Å². The van der Waals surface area contributed by atoms with Crippen molar-refractivity contribution >= 4 is 5.71 Å². The molecule has 1 nitrogen and oxygen atoms in total. The quantitative estimate of drug-likeness (QED) is 0.486. The van der Waals surface area contributed by atoms with Gasteiger partial charge in [0.2, 0.25) is 0 Å². The second-order valence-corrected chi connectivity index (χ2v) is 3.00. The van der Waals surface area contributed by atoms with E-state index in [0.717, 1.165) is 16.7 Å². The molecular formula is C11H17N. The molecule has 0 fully saturated rings. The Bertz CT molecular complexity index is 254. The van der Waals surface area contributed by atoms with E-state index in [1.165, 1.54) is 0 Å². The highest BCUT2D eigenvalue weighted by Gasteiger charge is 2.00. The van der Waals surface area contributed by atoms with E-state index in [-0.39, 0.29) is 0 Å². The fraction of sp³-hybridized carbons (Fsp3) is 0.364. The number of allylic oxidation sites excluding steroid dienone is 5. The van der Waals surface area contributed by atoms with Gasteiger partial charge in [-0.25, -0.2) is 0 Å². The average molecular weight is 163 g/mol. The Morgan fingerprint density at radius 3 is 2.00 bits per heavy atom. The summed E-state index contributed by atoms with van der Waals surface area (Å²) in [6, 6.07) is 0. The van der Waals surface area contributed by atoms with Crippen LogP contribution < -0.4 is 0 Å². The highest BCUT2D eigenvalue weighted by molar-refractivity contribution is 6.00. The molecule has 0 atom stereocenters. The molecule has 1 heteroatoms. The second kappa shape index (κ2) is 4.70. The molecule has 0 spiro atoms. The van der Waals surface area contributed by atoms with Gasteiger partial charge in [-0.05, 0) is 38.8 Å².